The third-order valence-electron chi connectivity index (χ3n) is 5.80. The van der Waals surface area contributed by atoms with Crippen molar-refractivity contribution in [3.8, 4) is 0 Å². The summed E-state index contributed by atoms with van der Waals surface area (Å²) in [5.41, 5.74) is 1.39. The molecule has 1 atom stereocenters. The van der Waals surface area contributed by atoms with Crippen LogP contribution in [-0.4, -0.2) is 73.9 Å². The number of aromatic amines is 1. The summed E-state index contributed by atoms with van der Waals surface area (Å²) in [5.74, 6) is 1.58. The lowest BCUT2D eigenvalue weighted by Gasteiger charge is -2.37. The van der Waals surface area contributed by atoms with Crippen LogP contribution >= 0.6 is 0 Å². The smallest absolute Gasteiger partial charge is 0.230 e. The molecule has 2 aliphatic rings. The van der Waals surface area contributed by atoms with Crippen LogP contribution in [0.15, 0.2) is 12.1 Å². The molecule has 2 fully saturated rings. The average molecular weight is 437 g/mol. The fourth-order valence-corrected chi connectivity index (χ4v) is 5.45. The van der Waals surface area contributed by atoms with Gasteiger partial charge in [0, 0.05) is 43.8 Å². The average Bonchev–Trinajstić information content (AvgIpc) is 3.12. The van der Waals surface area contributed by atoms with Gasteiger partial charge in [0.25, 0.3) is 0 Å². The molecule has 2 aromatic rings. The molecule has 0 aromatic carbocycles. The lowest BCUT2D eigenvalue weighted by Crippen LogP contribution is -2.45. The molecule has 11 heteroatoms. The number of H-pyrrole nitrogens is 1. The Morgan fingerprint density at radius 3 is 2.60 bits per heavy atom. The van der Waals surface area contributed by atoms with Gasteiger partial charge in [-0.05, 0) is 26.7 Å². The molecular weight excluding hydrogens is 408 g/mol. The first kappa shape index (κ1) is 21.0. The van der Waals surface area contributed by atoms with Gasteiger partial charge >= 0.3 is 0 Å². The van der Waals surface area contributed by atoms with Crippen LogP contribution in [0.4, 0.5) is 17.6 Å². The Morgan fingerprint density at radius 2 is 1.97 bits per heavy atom. The number of sulfone groups is 1. The second-order valence-electron chi connectivity index (χ2n) is 7.99. The minimum Gasteiger partial charge on any atom is -0.381 e. The highest BCUT2D eigenvalue weighted by molar-refractivity contribution is 7.91. The van der Waals surface area contributed by atoms with Gasteiger partial charge in [-0.15, -0.1) is 0 Å². The van der Waals surface area contributed by atoms with Crippen molar-refractivity contribution in [3.05, 3.63) is 23.5 Å². The van der Waals surface area contributed by atoms with Gasteiger partial charge in [-0.25, -0.2) is 13.4 Å². The van der Waals surface area contributed by atoms with Gasteiger partial charge in [0.05, 0.1) is 24.9 Å². The summed E-state index contributed by atoms with van der Waals surface area (Å²) in [7, 11) is -3.45. The molecular formula is C19H28N6O4S. The lowest BCUT2D eigenvalue weighted by molar-refractivity contribution is 0.0731. The predicted molar refractivity (Wildman–Crippen MR) is 113 cm³/mol. The highest BCUT2D eigenvalue weighted by Crippen LogP contribution is 2.40. The second-order valence-corrected chi connectivity index (χ2v) is 10.3. The summed E-state index contributed by atoms with van der Waals surface area (Å²) in [4.78, 5) is 11.5. The number of nitrogens with one attached hydrogen (secondary N) is 2. The van der Waals surface area contributed by atoms with Crippen molar-refractivity contribution in [2.45, 2.75) is 37.5 Å². The molecule has 10 nitrogen and oxygen atoms in total. The van der Waals surface area contributed by atoms with Crippen LogP contribution in [0.5, 0.6) is 0 Å². The molecule has 2 N–H and O–H groups in total. The third-order valence-corrected chi connectivity index (χ3v) is 7.83. The van der Waals surface area contributed by atoms with Crippen molar-refractivity contribution >= 4 is 27.4 Å². The van der Waals surface area contributed by atoms with E-state index in [1.54, 1.807) is 0 Å². The monoisotopic (exact) mass is 436 g/mol. The maximum absolute atomic E-state index is 12.9. The first-order valence-corrected chi connectivity index (χ1v) is 12.0. The lowest BCUT2D eigenvalue weighted by atomic mass is 9.94. The number of hydrogen-bond acceptors (Lipinski definition) is 9. The molecule has 164 valence electrons. The topological polar surface area (TPSA) is 122 Å². The Hall–Kier alpha value is -2.24. The summed E-state index contributed by atoms with van der Waals surface area (Å²) >= 11 is 0. The van der Waals surface area contributed by atoms with E-state index in [2.05, 4.69) is 37.3 Å². The van der Waals surface area contributed by atoms with E-state index in [0.717, 1.165) is 5.69 Å². The van der Waals surface area contributed by atoms with Crippen molar-refractivity contribution < 1.29 is 17.9 Å². The Bertz CT molecular complexity index is 1000. The van der Waals surface area contributed by atoms with E-state index in [9.17, 15) is 8.42 Å². The first-order chi connectivity index (χ1) is 14.3. The van der Waals surface area contributed by atoms with Gasteiger partial charge < -0.3 is 19.7 Å². The van der Waals surface area contributed by atoms with Crippen LogP contribution in [0.25, 0.3) is 0 Å². The molecule has 30 heavy (non-hydrogen) atoms. The molecule has 0 amide bonds. The zero-order valence-electron chi connectivity index (χ0n) is 17.5. The van der Waals surface area contributed by atoms with Gasteiger partial charge in [0.15, 0.2) is 15.7 Å². The third kappa shape index (κ3) is 4.01. The molecule has 4 heterocycles. The molecule has 0 spiro atoms. The number of anilines is 3. The first-order valence-electron chi connectivity index (χ1n) is 10.1. The molecule has 0 bridgehead atoms. The number of morpholine rings is 1. The number of nitrogens with zero attached hydrogens (tertiary/aromatic N) is 4. The van der Waals surface area contributed by atoms with Crippen LogP contribution in [0.1, 0.15) is 31.2 Å². The molecule has 0 aliphatic carbocycles. The van der Waals surface area contributed by atoms with E-state index < -0.39 is 14.6 Å². The highest BCUT2D eigenvalue weighted by atomic mass is 32.2. The molecule has 4 rings (SSSR count). The van der Waals surface area contributed by atoms with Crippen molar-refractivity contribution in [3.63, 3.8) is 0 Å². The van der Waals surface area contributed by atoms with Crippen LogP contribution in [0.2, 0.25) is 0 Å². The minimum absolute atomic E-state index is 0.117. The molecule has 0 saturated carbocycles. The molecule has 0 radical (unpaired) electrons. The molecule has 2 aromatic heterocycles. The fraction of sp³-hybridized carbons (Fsp3) is 0.632. The Labute approximate surface area is 176 Å². The fourth-order valence-electron chi connectivity index (χ4n) is 4.05. The number of rotatable bonds is 5. The molecule has 0 unspecified atom stereocenters. The zero-order valence-corrected chi connectivity index (χ0v) is 18.3. The minimum atomic E-state index is -3.45. The van der Waals surface area contributed by atoms with E-state index in [1.165, 1.54) is 6.26 Å². The van der Waals surface area contributed by atoms with Gasteiger partial charge in [0.2, 0.25) is 5.95 Å². The van der Waals surface area contributed by atoms with Crippen LogP contribution < -0.4 is 10.2 Å². The van der Waals surface area contributed by atoms with E-state index in [1.807, 2.05) is 19.1 Å². The van der Waals surface area contributed by atoms with E-state index >= 15 is 0 Å². The number of aryl methyl sites for hydroxylation is 1. The van der Waals surface area contributed by atoms with Crippen LogP contribution in [-0.2, 0) is 24.1 Å². The molecule has 2 aliphatic heterocycles. The summed E-state index contributed by atoms with van der Waals surface area (Å²) < 4.78 is 35.8. The van der Waals surface area contributed by atoms with Crippen molar-refractivity contribution in [1.29, 1.82) is 0 Å². The summed E-state index contributed by atoms with van der Waals surface area (Å²) in [5, 5.41) is 10.2. The quantitative estimate of drug-likeness (QED) is 0.718. The van der Waals surface area contributed by atoms with Crippen molar-refractivity contribution in [2.75, 3.05) is 49.4 Å². The Kier molecular flexibility index (Phi) is 5.69. The van der Waals surface area contributed by atoms with Gasteiger partial charge in [-0.1, -0.05) is 0 Å². The number of hydrogen-bond donors (Lipinski definition) is 2. The summed E-state index contributed by atoms with van der Waals surface area (Å²) in [6.07, 6.45) is 2.01. The summed E-state index contributed by atoms with van der Waals surface area (Å²) in [6, 6.07) is 3.77. The van der Waals surface area contributed by atoms with Gasteiger partial charge in [-0.3, -0.25) is 5.10 Å². The molecule has 2 saturated heterocycles. The van der Waals surface area contributed by atoms with Crippen molar-refractivity contribution in [2.24, 2.45) is 0 Å². The van der Waals surface area contributed by atoms with Gasteiger partial charge in [-0.2, -0.15) is 10.1 Å². The van der Waals surface area contributed by atoms with Crippen LogP contribution in [0.3, 0.4) is 0 Å². The largest absolute Gasteiger partial charge is 0.381 e. The Morgan fingerprint density at radius 1 is 1.20 bits per heavy atom. The maximum atomic E-state index is 12.9. The highest BCUT2D eigenvalue weighted by Gasteiger charge is 2.46. The summed E-state index contributed by atoms with van der Waals surface area (Å²) in [6.45, 7) is 6.57. The Balaban J connectivity index is 1.82. The second kappa shape index (κ2) is 8.12. The van der Waals surface area contributed by atoms with Crippen molar-refractivity contribution in [1.82, 2.24) is 20.2 Å². The van der Waals surface area contributed by atoms with E-state index in [-0.39, 0.29) is 6.04 Å². The van der Waals surface area contributed by atoms with E-state index in [4.69, 9.17) is 9.47 Å². The zero-order chi connectivity index (χ0) is 21.4. The SMILES string of the molecule is Cc1cc(Nc2nc(N3CCOC[C@H]3C)cc(C3(S(C)(=O)=O)CCOCC3)n2)n[nH]1. The van der Waals surface area contributed by atoms with E-state index in [0.29, 0.717) is 69.1 Å². The maximum Gasteiger partial charge on any atom is 0.230 e. The van der Waals surface area contributed by atoms with Crippen LogP contribution in [0, 0.1) is 6.92 Å². The number of aromatic nitrogens is 4. The normalized spacial score (nSPS) is 22.1. The standard InChI is InChI=1S/C19H28N6O4S/c1-13-10-16(24-23-13)21-18-20-15(19(30(3,26)27)4-7-28-8-5-19)11-17(22-18)25-6-9-29-12-14(25)2/h10-11,14H,4-9,12H2,1-3H3,(H2,20,21,22,23,24)/t14-/m1/s1. The van der Waals surface area contributed by atoms with Gasteiger partial charge in [0.1, 0.15) is 10.6 Å². The number of ether oxygens (including phenoxy) is 2. The predicted octanol–water partition coefficient (Wildman–Crippen LogP) is 1.53.